The Bertz CT molecular complexity index is 413. The van der Waals surface area contributed by atoms with Crippen LogP contribution in [0.2, 0.25) is 0 Å². The number of hydrogen-bond donors (Lipinski definition) is 2. The van der Waals surface area contributed by atoms with E-state index < -0.39 is 0 Å². The topological polar surface area (TPSA) is 64.4 Å². The average molecular weight is 262 g/mol. The molecule has 2 unspecified atom stereocenters. The van der Waals surface area contributed by atoms with E-state index in [2.05, 4.69) is 5.32 Å². The van der Waals surface area contributed by atoms with Crippen LogP contribution in [0.15, 0.2) is 30.3 Å². The van der Waals surface area contributed by atoms with Crippen molar-refractivity contribution in [3.05, 3.63) is 35.9 Å². The van der Waals surface area contributed by atoms with Crippen LogP contribution in [0.3, 0.4) is 0 Å². The van der Waals surface area contributed by atoms with Crippen molar-refractivity contribution in [2.24, 2.45) is 11.7 Å². The zero-order valence-corrected chi connectivity index (χ0v) is 11.4. The second kappa shape index (κ2) is 6.17. The number of carbonyl (C=O) groups excluding carboxylic acids is 1. The maximum Gasteiger partial charge on any atom is 0.225 e. The van der Waals surface area contributed by atoms with E-state index in [9.17, 15) is 4.79 Å². The van der Waals surface area contributed by atoms with Gasteiger partial charge >= 0.3 is 0 Å². The molecule has 1 saturated heterocycles. The van der Waals surface area contributed by atoms with Gasteiger partial charge in [0.1, 0.15) is 0 Å². The molecular formula is C15H22N2O2. The third kappa shape index (κ3) is 3.78. The summed E-state index contributed by atoms with van der Waals surface area (Å²) in [5.41, 5.74) is 6.65. The van der Waals surface area contributed by atoms with E-state index in [1.807, 2.05) is 37.3 Å². The Hall–Kier alpha value is -1.39. The number of nitrogens with two attached hydrogens (primary N) is 1. The Morgan fingerprint density at radius 3 is 2.79 bits per heavy atom. The third-order valence-corrected chi connectivity index (χ3v) is 3.62. The van der Waals surface area contributed by atoms with Crippen molar-refractivity contribution < 1.29 is 9.53 Å². The van der Waals surface area contributed by atoms with Crippen LogP contribution < -0.4 is 11.1 Å². The highest BCUT2D eigenvalue weighted by Crippen LogP contribution is 2.18. The quantitative estimate of drug-likeness (QED) is 0.835. The predicted molar refractivity (Wildman–Crippen MR) is 74.7 cm³/mol. The van der Waals surface area contributed by atoms with Gasteiger partial charge in [0.2, 0.25) is 5.91 Å². The van der Waals surface area contributed by atoms with Crippen molar-refractivity contribution in [2.45, 2.75) is 25.3 Å². The van der Waals surface area contributed by atoms with Crippen molar-refractivity contribution in [2.75, 3.05) is 19.8 Å². The molecular weight excluding hydrogens is 240 g/mol. The highest BCUT2D eigenvalue weighted by atomic mass is 16.5. The molecule has 1 amide bonds. The van der Waals surface area contributed by atoms with E-state index in [1.54, 1.807) is 0 Å². The van der Waals surface area contributed by atoms with Crippen LogP contribution >= 0.6 is 0 Å². The van der Waals surface area contributed by atoms with Crippen LogP contribution in [-0.4, -0.2) is 31.2 Å². The summed E-state index contributed by atoms with van der Waals surface area (Å²) >= 11 is 0. The summed E-state index contributed by atoms with van der Waals surface area (Å²) in [6.07, 6.45) is 1.54. The summed E-state index contributed by atoms with van der Waals surface area (Å²) in [6, 6.07) is 9.98. The second-order valence-corrected chi connectivity index (χ2v) is 5.47. The molecule has 19 heavy (non-hydrogen) atoms. The number of amides is 1. The monoisotopic (exact) mass is 262 g/mol. The van der Waals surface area contributed by atoms with Gasteiger partial charge in [-0.1, -0.05) is 30.3 Å². The van der Waals surface area contributed by atoms with Crippen LogP contribution in [0, 0.1) is 5.92 Å². The van der Waals surface area contributed by atoms with Gasteiger partial charge in [-0.2, -0.15) is 0 Å². The molecule has 4 heteroatoms. The summed E-state index contributed by atoms with van der Waals surface area (Å²) in [5, 5.41) is 3.08. The Morgan fingerprint density at radius 2 is 2.21 bits per heavy atom. The Morgan fingerprint density at radius 1 is 1.47 bits per heavy atom. The van der Waals surface area contributed by atoms with Crippen LogP contribution in [0.5, 0.6) is 0 Å². The summed E-state index contributed by atoms with van der Waals surface area (Å²) in [7, 11) is 0. The van der Waals surface area contributed by atoms with Gasteiger partial charge in [0.25, 0.3) is 0 Å². The minimum atomic E-state index is -0.235. The molecule has 2 rings (SSSR count). The third-order valence-electron chi connectivity index (χ3n) is 3.62. The number of nitrogens with one attached hydrogen (secondary N) is 1. The number of rotatable bonds is 5. The Labute approximate surface area is 114 Å². The molecule has 1 aromatic rings. The first-order valence-electron chi connectivity index (χ1n) is 6.77. The highest BCUT2D eigenvalue weighted by molar-refractivity contribution is 5.80. The first kappa shape index (κ1) is 14.0. The zero-order chi connectivity index (χ0) is 13.7. The lowest BCUT2D eigenvalue weighted by molar-refractivity contribution is -0.126. The van der Waals surface area contributed by atoms with Crippen molar-refractivity contribution in [3.63, 3.8) is 0 Å². The second-order valence-electron chi connectivity index (χ2n) is 5.47. The smallest absolute Gasteiger partial charge is 0.225 e. The fourth-order valence-corrected chi connectivity index (χ4v) is 2.35. The van der Waals surface area contributed by atoms with E-state index >= 15 is 0 Å². The lowest BCUT2D eigenvalue weighted by Gasteiger charge is -2.26. The molecule has 4 nitrogen and oxygen atoms in total. The fraction of sp³-hybridized carbons (Fsp3) is 0.533. The lowest BCUT2D eigenvalue weighted by Crippen LogP contribution is -2.50. The van der Waals surface area contributed by atoms with Crippen LogP contribution in [0.4, 0.5) is 0 Å². The zero-order valence-electron chi connectivity index (χ0n) is 11.4. The SMILES string of the molecule is CC1(NC(=O)C(CN)Cc2ccccc2)CCOC1. The molecule has 104 valence electrons. The molecule has 0 aromatic heterocycles. The maximum atomic E-state index is 12.3. The summed E-state index contributed by atoms with van der Waals surface area (Å²) < 4.78 is 5.35. The Kier molecular flexibility index (Phi) is 4.56. The van der Waals surface area contributed by atoms with Crippen molar-refractivity contribution >= 4 is 5.91 Å². The van der Waals surface area contributed by atoms with Crippen LogP contribution in [0.1, 0.15) is 18.9 Å². The molecule has 1 aliphatic rings. The summed E-state index contributed by atoms with van der Waals surface area (Å²) in [4.78, 5) is 12.3. The van der Waals surface area contributed by atoms with Gasteiger partial charge in [-0.15, -0.1) is 0 Å². The van der Waals surface area contributed by atoms with E-state index in [0.29, 0.717) is 26.2 Å². The number of benzene rings is 1. The Balaban J connectivity index is 1.95. The van der Waals surface area contributed by atoms with E-state index in [1.165, 1.54) is 0 Å². The van der Waals surface area contributed by atoms with Gasteiger partial charge in [0.05, 0.1) is 18.1 Å². The van der Waals surface area contributed by atoms with Gasteiger partial charge in [-0.25, -0.2) is 0 Å². The lowest BCUT2D eigenvalue weighted by atomic mass is 9.95. The van der Waals surface area contributed by atoms with Gasteiger partial charge in [-0.05, 0) is 25.3 Å². The van der Waals surface area contributed by atoms with Crippen molar-refractivity contribution in [3.8, 4) is 0 Å². The van der Waals surface area contributed by atoms with Crippen molar-refractivity contribution in [1.82, 2.24) is 5.32 Å². The fourth-order valence-electron chi connectivity index (χ4n) is 2.35. The number of ether oxygens (including phenoxy) is 1. The first-order valence-corrected chi connectivity index (χ1v) is 6.77. The normalized spacial score (nSPS) is 24.1. The van der Waals surface area contributed by atoms with E-state index in [-0.39, 0.29) is 17.4 Å². The molecule has 1 fully saturated rings. The molecule has 0 aliphatic carbocycles. The minimum Gasteiger partial charge on any atom is -0.379 e. The number of hydrogen-bond acceptors (Lipinski definition) is 3. The molecule has 2 atom stereocenters. The molecule has 1 aliphatic heterocycles. The summed E-state index contributed by atoms with van der Waals surface area (Å²) in [5.74, 6) is -0.154. The van der Waals surface area contributed by atoms with E-state index in [0.717, 1.165) is 12.0 Å². The molecule has 0 radical (unpaired) electrons. The molecule has 0 spiro atoms. The highest BCUT2D eigenvalue weighted by Gasteiger charge is 2.33. The van der Waals surface area contributed by atoms with Gasteiger partial charge in [-0.3, -0.25) is 4.79 Å². The molecule has 3 N–H and O–H groups in total. The number of carbonyl (C=O) groups is 1. The minimum absolute atomic E-state index is 0.0272. The molecule has 1 heterocycles. The van der Waals surface area contributed by atoms with Crippen LogP contribution in [-0.2, 0) is 16.0 Å². The van der Waals surface area contributed by atoms with Crippen molar-refractivity contribution in [1.29, 1.82) is 0 Å². The van der Waals surface area contributed by atoms with Gasteiger partial charge in [0.15, 0.2) is 0 Å². The summed E-state index contributed by atoms with van der Waals surface area (Å²) in [6.45, 7) is 3.68. The first-order chi connectivity index (χ1) is 9.13. The standard InChI is InChI=1S/C15H22N2O2/c1-15(7-8-19-11-15)17-14(18)13(10-16)9-12-5-3-2-4-6-12/h2-6,13H,7-11,16H2,1H3,(H,17,18). The molecule has 0 saturated carbocycles. The average Bonchev–Trinajstić information content (AvgIpc) is 2.83. The largest absolute Gasteiger partial charge is 0.379 e. The van der Waals surface area contributed by atoms with Crippen LogP contribution in [0.25, 0.3) is 0 Å². The molecule has 1 aromatic carbocycles. The van der Waals surface area contributed by atoms with Gasteiger partial charge in [0, 0.05) is 13.2 Å². The van der Waals surface area contributed by atoms with Gasteiger partial charge < -0.3 is 15.8 Å². The predicted octanol–water partition coefficient (Wildman–Crippen LogP) is 1.10. The van der Waals surface area contributed by atoms with E-state index in [4.69, 9.17) is 10.5 Å². The molecule has 0 bridgehead atoms. The maximum absolute atomic E-state index is 12.3.